The maximum absolute atomic E-state index is 5.87. The van der Waals surface area contributed by atoms with Gasteiger partial charge in [0.25, 0.3) is 0 Å². The lowest BCUT2D eigenvalue weighted by atomic mass is 9.75. The Kier molecular flexibility index (Phi) is 3.74. The van der Waals surface area contributed by atoms with Gasteiger partial charge < -0.3 is 15.4 Å². The molecule has 1 aromatic carbocycles. The van der Waals surface area contributed by atoms with Crippen LogP contribution in [0.25, 0.3) is 0 Å². The summed E-state index contributed by atoms with van der Waals surface area (Å²) in [7, 11) is 1.72. The predicted molar refractivity (Wildman–Crippen MR) is 101 cm³/mol. The van der Waals surface area contributed by atoms with Crippen molar-refractivity contribution in [3.05, 3.63) is 42.1 Å². The Morgan fingerprint density at radius 3 is 2.54 bits per heavy atom. The number of hydrogen-bond acceptors (Lipinski definition) is 6. The quantitative estimate of drug-likeness (QED) is 0.914. The summed E-state index contributed by atoms with van der Waals surface area (Å²) in [6, 6.07) is 11.7. The van der Waals surface area contributed by atoms with Gasteiger partial charge in [-0.1, -0.05) is 12.1 Å². The first-order valence-corrected chi connectivity index (χ1v) is 9.48. The van der Waals surface area contributed by atoms with Crippen LogP contribution in [0.4, 0.5) is 11.8 Å². The molecule has 2 aromatic rings. The highest BCUT2D eigenvalue weighted by Crippen LogP contribution is 2.47. The van der Waals surface area contributed by atoms with E-state index in [2.05, 4.69) is 44.0 Å². The summed E-state index contributed by atoms with van der Waals surface area (Å²) >= 11 is 0. The van der Waals surface area contributed by atoms with Crippen LogP contribution in [0.3, 0.4) is 0 Å². The number of rotatable bonds is 3. The van der Waals surface area contributed by atoms with Gasteiger partial charge in [-0.15, -0.1) is 0 Å². The second-order valence-electron chi connectivity index (χ2n) is 7.66. The van der Waals surface area contributed by atoms with Gasteiger partial charge in [-0.3, -0.25) is 4.90 Å². The lowest BCUT2D eigenvalue weighted by molar-refractivity contribution is 0.0354. The molecule has 4 aliphatic rings. The number of anilines is 2. The Morgan fingerprint density at radius 1 is 1.08 bits per heavy atom. The summed E-state index contributed by atoms with van der Waals surface area (Å²) in [4.78, 5) is 13.8. The van der Waals surface area contributed by atoms with Crippen molar-refractivity contribution < 1.29 is 4.74 Å². The van der Waals surface area contributed by atoms with Gasteiger partial charge in [0.1, 0.15) is 11.6 Å². The first-order chi connectivity index (χ1) is 12.7. The summed E-state index contributed by atoms with van der Waals surface area (Å²) in [6.07, 6.45) is 4.34. The number of ether oxygens (including phenoxy) is 1. The molecule has 2 N–H and O–H groups in total. The number of fused-ring (bicyclic) bond motifs is 2. The highest BCUT2D eigenvalue weighted by Gasteiger charge is 2.53. The third-order valence-corrected chi connectivity index (χ3v) is 6.49. The number of benzene rings is 1. The minimum atomic E-state index is 0.355. The first-order valence-electron chi connectivity index (χ1n) is 9.48. The highest BCUT2D eigenvalue weighted by atomic mass is 16.5. The Hall–Kier alpha value is -2.34. The number of methoxy groups -OCH3 is 1. The second kappa shape index (κ2) is 6.13. The smallest absolute Gasteiger partial charge is 0.221 e. The van der Waals surface area contributed by atoms with Crippen molar-refractivity contribution in [2.45, 2.75) is 30.8 Å². The zero-order valence-corrected chi connectivity index (χ0v) is 15.1. The molecule has 136 valence electrons. The van der Waals surface area contributed by atoms with E-state index in [-0.39, 0.29) is 0 Å². The van der Waals surface area contributed by atoms with Crippen LogP contribution in [0.2, 0.25) is 0 Å². The Morgan fingerprint density at radius 2 is 1.85 bits per heavy atom. The van der Waals surface area contributed by atoms with Gasteiger partial charge in [0.05, 0.1) is 7.11 Å². The van der Waals surface area contributed by atoms with E-state index >= 15 is 0 Å². The van der Waals surface area contributed by atoms with Crippen LogP contribution in [-0.4, -0.2) is 53.7 Å². The fourth-order valence-electron chi connectivity index (χ4n) is 5.35. The van der Waals surface area contributed by atoms with Crippen molar-refractivity contribution in [1.82, 2.24) is 14.9 Å². The largest absolute Gasteiger partial charge is 0.497 e. The first kappa shape index (κ1) is 15.9. The number of aromatic nitrogens is 2. The molecule has 26 heavy (non-hydrogen) atoms. The molecule has 6 heteroatoms. The third-order valence-electron chi connectivity index (χ3n) is 6.49. The van der Waals surface area contributed by atoms with Gasteiger partial charge in [-0.25, -0.2) is 4.98 Å². The Bertz CT molecular complexity index is 787. The molecule has 0 saturated carbocycles. The molecule has 0 amide bonds. The maximum Gasteiger partial charge on any atom is 0.221 e. The topological polar surface area (TPSA) is 67.5 Å². The van der Waals surface area contributed by atoms with Crippen molar-refractivity contribution in [2.75, 3.05) is 37.4 Å². The molecular weight excluding hydrogens is 326 g/mol. The second-order valence-corrected chi connectivity index (χ2v) is 7.66. The van der Waals surface area contributed by atoms with Crippen LogP contribution >= 0.6 is 0 Å². The predicted octanol–water partition coefficient (Wildman–Crippen LogP) is 2.13. The number of nitrogen functional groups attached to an aromatic ring is 1. The maximum atomic E-state index is 5.87. The number of nitrogens with two attached hydrogens (primary N) is 1. The lowest BCUT2D eigenvalue weighted by Gasteiger charge is -2.51. The summed E-state index contributed by atoms with van der Waals surface area (Å²) in [5, 5.41) is 0. The van der Waals surface area contributed by atoms with Crippen molar-refractivity contribution >= 4 is 11.8 Å². The van der Waals surface area contributed by atoms with Crippen LogP contribution in [0.15, 0.2) is 36.5 Å². The lowest BCUT2D eigenvalue weighted by Crippen LogP contribution is -2.60. The fourth-order valence-corrected chi connectivity index (χ4v) is 5.35. The monoisotopic (exact) mass is 351 g/mol. The summed E-state index contributed by atoms with van der Waals surface area (Å²) in [5.74, 6) is 3.45. The average Bonchev–Trinajstić information content (AvgIpc) is 3.12. The molecule has 0 radical (unpaired) electrons. The molecule has 5 heterocycles. The zero-order valence-electron chi connectivity index (χ0n) is 15.1. The molecular formula is C20H25N5O. The molecule has 3 atom stereocenters. The van der Waals surface area contributed by atoms with E-state index < -0.39 is 0 Å². The average molecular weight is 351 g/mol. The van der Waals surface area contributed by atoms with Gasteiger partial charge in [0.15, 0.2) is 0 Å². The van der Waals surface area contributed by atoms with Crippen molar-refractivity contribution in [3.8, 4) is 5.75 Å². The number of hydrogen-bond donors (Lipinski definition) is 1. The van der Waals surface area contributed by atoms with E-state index in [1.54, 1.807) is 13.3 Å². The van der Waals surface area contributed by atoms with E-state index in [1.807, 2.05) is 6.07 Å². The van der Waals surface area contributed by atoms with E-state index in [4.69, 9.17) is 10.5 Å². The van der Waals surface area contributed by atoms with E-state index in [9.17, 15) is 0 Å². The van der Waals surface area contributed by atoms with E-state index in [1.165, 1.54) is 31.5 Å². The van der Waals surface area contributed by atoms with Crippen LogP contribution < -0.4 is 15.4 Å². The van der Waals surface area contributed by atoms with Crippen LogP contribution in [0.1, 0.15) is 24.3 Å². The minimum Gasteiger partial charge on any atom is -0.497 e. The van der Waals surface area contributed by atoms with Gasteiger partial charge in [-0.05, 0) is 55.6 Å². The van der Waals surface area contributed by atoms with Gasteiger partial charge in [-0.2, -0.15) is 4.98 Å². The van der Waals surface area contributed by atoms with E-state index in [0.717, 1.165) is 24.0 Å². The van der Waals surface area contributed by atoms with Crippen LogP contribution in [0.5, 0.6) is 5.75 Å². The number of nitrogens with zero attached hydrogens (tertiary/aromatic N) is 4. The number of piperidine rings is 3. The zero-order chi connectivity index (χ0) is 17.7. The molecule has 6 nitrogen and oxygen atoms in total. The molecule has 4 fully saturated rings. The molecule has 0 spiro atoms. The molecule has 6 rings (SSSR count). The Balaban J connectivity index is 1.54. The van der Waals surface area contributed by atoms with Gasteiger partial charge in [0.2, 0.25) is 5.95 Å². The Labute approximate surface area is 154 Å². The fraction of sp³-hybridized carbons (Fsp3) is 0.500. The molecule has 4 aliphatic heterocycles. The van der Waals surface area contributed by atoms with Gasteiger partial charge in [0, 0.05) is 30.7 Å². The molecule has 2 bridgehead atoms. The normalized spacial score (nSPS) is 32.5. The third kappa shape index (κ3) is 2.43. The summed E-state index contributed by atoms with van der Waals surface area (Å²) in [5.41, 5.74) is 7.26. The van der Waals surface area contributed by atoms with Crippen LogP contribution in [-0.2, 0) is 0 Å². The molecule has 4 saturated heterocycles. The standard InChI is InChI=1S/C20H25N5O/c1-26-15-4-2-13(3-5-15)16-12-25(17-6-9-22-20(21)23-17)18-14-7-10-24(11-8-14)19(16)18/h2-6,9,14,16,18-19H,7-8,10-12H2,1H3,(H2,21,22,23). The highest BCUT2D eigenvalue weighted by molar-refractivity contribution is 5.48. The van der Waals surface area contributed by atoms with Gasteiger partial charge >= 0.3 is 0 Å². The minimum absolute atomic E-state index is 0.355. The summed E-state index contributed by atoms with van der Waals surface area (Å²) < 4.78 is 5.34. The molecule has 3 unspecified atom stereocenters. The van der Waals surface area contributed by atoms with Crippen molar-refractivity contribution in [3.63, 3.8) is 0 Å². The van der Waals surface area contributed by atoms with Crippen LogP contribution in [0, 0.1) is 5.92 Å². The molecule has 1 aromatic heterocycles. The summed E-state index contributed by atoms with van der Waals surface area (Å²) in [6.45, 7) is 3.42. The SMILES string of the molecule is COc1ccc(C2CN(c3ccnc(N)n3)C3C4CCN(CC4)C23)cc1. The molecule has 0 aliphatic carbocycles. The van der Waals surface area contributed by atoms with Crippen molar-refractivity contribution in [2.24, 2.45) is 5.92 Å². The van der Waals surface area contributed by atoms with Crippen molar-refractivity contribution in [1.29, 1.82) is 0 Å². The van der Waals surface area contributed by atoms with E-state index in [0.29, 0.717) is 23.9 Å².